The SMILES string of the molecule is CCCCC/C=C\C/C=C\C/C=C\C=C\[C@H](O)CCCC(=O)O[C@H](COC(=O)CCCCCCCCCCCC(C)C)COP(=O)(O)OC[C@@H](O)COP(=O)(O)O. The zero-order valence-corrected chi connectivity index (χ0v) is 36.5. The summed E-state index contributed by atoms with van der Waals surface area (Å²) >= 11 is 0. The number of rotatable bonds is 38. The first-order chi connectivity index (χ1) is 27.1. The normalized spacial score (nSPS) is 15.2. The maximum atomic E-state index is 12.6. The number of esters is 2. The van der Waals surface area contributed by atoms with Crippen molar-refractivity contribution in [2.24, 2.45) is 5.92 Å². The molecule has 16 heteroatoms. The van der Waals surface area contributed by atoms with Gasteiger partial charge < -0.3 is 34.4 Å². The highest BCUT2D eigenvalue weighted by Crippen LogP contribution is 2.43. The van der Waals surface area contributed by atoms with Gasteiger partial charge in [-0.1, -0.05) is 140 Å². The molecule has 0 rings (SSSR count). The molecule has 0 spiro atoms. The second kappa shape index (κ2) is 35.9. The molecule has 0 aromatic rings. The Morgan fingerprint density at radius 3 is 1.84 bits per heavy atom. The summed E-state index contributed by atoms with van der Waals surface area (Å²) in [7, 11) is -9.74. The van der Waals surface area contributed by atoms with Crippen LogP contribution in [0.4, 0.5) is 0 Å². The molecule has 0 aliphatic carbocycles. The van der Waals surface area contributed by atoms with Crippen molar-refractivity contribution in [2.45, 2.75) is 167 Å². The minimum Gasteiger partial charge on any atom is -0.462 e. The average molecular weight is 853 g/mol. The molecule has 0 aromatic heterocycles. The lowest BCUT2D eigenvalue weighted by Gasteiger charge is -2.20. The van der Waals surface area contributed by atoms with Gasteiger partial charge in [0, 0.05) is 12.8 Å². The van der Waals surface area contributed by atoms with Crippen LogP contribution in [0.1, 0.15) is 149 Å². The summed E-state index contributed by atoms with van der Waals surface area (Å²) in [6.07, 6.45) is 30.1. The van der Waals surface area contributed by atoms with E-state index in [1.807, 2.05) is 12.2 Å². The molecule has 4 atom stereocenters. The maximum absolute atomic E-state index is 12.6. The molecule has 0 radical (unpaired) electrons. The molecule has 57 heavy (non-hydrogen) atoms. The molecular weight excluding hydrogens is 778 g/mol. The van der Waals surface area contributed by atoms with Gasteiger partial charge in [-0.2, -0.15) is 0 Å². The third-order valence-corrected chi connectivity index (χ3v) is 9.93. The summed E-state index contributed by atoms with van der Waals surface area (Å²) in [5.41, 5.74) is 0. The Hall–Kier alpha value is -1.96. The van der Waals surface area contributed by atoms with Crippen molar-refractivity contribution in [3.05, 3.63) is 48.6 Å². The lowest BCUT2D eigenvalue weighted by molar-refractivity contribution is -0.161. The van der Waals surface area contributed by atoms with Gasteiger partial charge in [-0.15, -0.1) is 0 Å². The van der Waals surface area contributed by atoms with Gasteiger partial charge in [0.15, 0.2) is 6.10 Å². The molecule has 0 saturated heterocycles. The Kier molecular flexibility index (Phi) is 34.7. The van der Waals surface area contributed by atoms with Crippen LogP contribution in [0.2, 0.25) is 0 Å². The van der Waals surface area contributed by atoms with Crippen molar-refractivity contribution in [1.29, 1.82) is 0 Å². The molecule has 332 valence electrons. The van der Waals surface area contributed by atoms with Gasteiger partial charge in [-0.05, 0) is 50.9 Å². The van der Waals surface area contributed by atoms with Gasteiger partial charge in [0.2, 0.25) is 0 Å². The quantitative estimate of drug-likeness (QED) is 0.0129. The number of phosphoric ester groups is 2. The van der Waals surface area contributed by atoms with Crippen LogP contribution < -0.4 is 0 Å². The number of unbranched alkanes of at least 4 members (excludes halogenated alkanes) is 11. The Labute approximate surface area is 342 Å². The van der Waals surface area contributed by atoms with E-state index in [-0.39, 0.29) is 25.7 Å². The third kappa shape index (κ3) is 40.6. The fourth-order valence-corrected chi connectivity index (χ4v) is 6.44. The topological polar surface area (TPSA) is 216 Å². The van der Waals surface area contributed by atoms with E-state index in [0.29, 0.717) is 6.42 Å². The number of aliphatic hydroxyl groups is 2. The monoisotopic (exact) mass is 852 g/mol. The standard InChI is InChI=1S/C41H74O14P2/c1-4-5-6-7-8-9-10-11-12-15-18-21-24-28-37(42)29-26-31-41(45)55-39(35-54-57(49,50)53-33-38(43)32-52-56(46,47)48)34-51-40(44)30-25-22-19-16-13-14-17-20-23-27-36(2)3/h8-9,11-12,18,21,24,28,36-39,42-43H,4-7,10,13-17,19-20,22-23,25-27,29-35H2,1-3H3,(H,49,50)(H2,46,47,48)/b9-8-,12-11-,21-18-,28-24+/t37-,38-,39+/m0/s1. The summed E-state index contributed by atoms with van der Waals surface area (Å²) in [6, 6.07) is 0. The van der Waals surface area contributed by atoms with Gasteiger partial charge >= 0.3 is 27.6 Å². The summed E-state index contributed by atoms with van der Waals surface area (Å²) in [6.45, 7) is 3.77. The molecule has 1 unspecified atom stereocenters. The number of carbonyl (C=O) groups is 2. The number of allylic oxidation sites excluding steroid dienone is 7. The van der Waals surface area contributed by atoms with Crippen molar-refractivity contribution in [1.82, 2.24) is 0 Å². The van der Waals surface area contributed by atoms with Crippen LogP contribution in [0.15, 0.2) is 48.6 Å². The fraction of sp³-hybridized carbons (Fsp3) is 0.756. The van der Waals surface area contributed by atoms with Crippen LogP contribution in [0.25, 0.3) is 0 Å². The lowest BCUT2D eigenvalue weighted by atomic mass is 10.0. The van der Waals surface area contributed by atoms with Gasteiger partial charge in [-0.3, -0.25) is 23.2 Å². The second-order valence-corrected chi connectivity index (χ2v) is 17.3. The van der Waals surface area contributed by atoms with E-state index < -0.39 is 72.3 Å². The highest BCUT2D eigenvalue weighted by atomic mass is 31.2. The van der Waals surface area contributed by atoms with E-state index >= 15 is 0 Å². The number of hydrogen-bond donors (Lipinski definition) is 5. The van der Waals surface area contributed by atoms with E-state index in [1.165, 1.54) is 57.8 Å². The van der Waals surface area contributed by atoms with Gasteiger partial charge in [0.1, 0.15) is 12.7 Å². The molecule has 0 aliphatic rings. The molecule has 5 N–H and O–H groups in total. The van der Waals surface area contributed by atoms with E-state index in [1.54, 1.807) is 12.2 Å². The number of carbonyl (C=O) groups excluding carboxylic acids is 2. The van der Waals surface area contributed by atoms with E-state index in [9.17, 15) is 33.8 Å². The molecule has 0 heterocycles. The van der Waals surface area contributed by atoms with Gasteiger partial charge in [-0.25, -0.2) is 9.13 Å². The minimum absolute atomic E-state index is 0.0972. The van der Waals surface area contributed by atoms with Crippen LogP contribution in [-0.4, -0.2) is 81.6 Å². The highest BCUT2D eigenvalue weighted by molar-refractivity contribution is 7.47. The first-order valence-corrected chi connectivity index (χ1v) is 23.8. The predicted octanol–water partition coefficient (Wildman–Crippen LogP) is 9.11. The number of hydrogen-bond acceptors (Lipinski definition) is 11. The summed E-state index contributed by atoms with van der Waals surface area (Å²) in [5.74, 6) is -0.488. The van der Waals surface area contributed by atoms with E-state index in [0.717, 1.165) is 44.4 Å². The fourth-order valence-electron chi connectivity index (χ4n) is 5.28. The first-order valence-electron chi connectivity index (χ1n) is 20.8. The zero-order chi connectivity index (χ0) is 42.6. The van der Waals surface area contributed by atoms with Crippen LogP contribution in [0.5, 0.6) is 0 Å². The maximum Gasteiger partial charge on any atom is 0.472 e. The average Bonchev–Trinajstić information content (AvgIpc) is 3.14. The van der Waals surface area contributed by atoms with Crippen molar-refractivity contribution in [3.8, 4) is 0 Å². The largest absolute Gasteiger partial charge is 0.472 e. The van der Waals surface area contributed by atoms with Crippen molar-refractivity contribution >= 4 is 27.6 Å². The van der Waals surface area contributed by atoms with Crippen molar-refractivity contribution in [3.63, 3.8) is 0 Å². The Bertz CT molecular complexity index is 1230. The lowest BCUT2D eigenvalue weighted by Crippen LogP contribution is -2.30. The molecule has 0 saturated carbocycles. The van der Waals surface area contributed by atoms with Crippen LogP contribution in [0, 0.1) is 5.92 Å². The molecule has 0 amide bonds. The number of ether oxygens (including phenoxy) is 2. The highest BCUT2D eigenvalue weighted by Gasteiger charge is 2.28. The van der Waals surface area contributed by atoms with Gasteiger partial charge in [0.25, 0.3) is 0 Å². The molecule has 0 aliphatic heterocycles. The Morgan fingerprint density at radius 2 is 1.19 bits per heavy atom. The second-order valence-electron chi connectivity index (χ2n) is 14.6. The van der Waals surface area contributed by atoms with E-state index in [2.05, 4.69) is 54.1 Å². The first kappa shape index (κ1) is 55.0. The third-order valence-electron chi connectivity index (χ3n) is 8.49. The van der Waals surface area contributed by atoms with Gasteiger partial charge in [0.05, 0.1) is 25.9 Å². The van der Waals surface area contributed by atoms with Crippen molar-refractivity contribution in [2.75, 3.05) is 26.4 Å². The smallest absolute Gasteiger partial charge is 0.462 e. The molecule has 0 fully saturated rings. The Morgan fingerprint density at radius 1 is 0.614 bits per heavy atom. The van der Waals surface area contributed by atoms with Crippen LogP contribution in [-0.2, 0) is 41.8 Å². The zero-order valence-electron chi connectivity index (χ0n) is 34.7. The Balaban J connectivity index is 4.76. The summed E-state index contributed by atoms with van der Waals surface area (Å²) < 4.78 is 47.5. The molecular formula is C41H74O14P2. The summed E-state index contributed by atoms with van der Waals surface area (Å²) in [4.78, 5) is 52.6. The van der Waals surface area contributed by atoms with E-state index in [4.69, 9.17) is 23.8 Å². The van der Waals surface area contributed by atoms with Crippen LogP contribution in [0.3, 0.4) is 0 Å². The van der Waals surface area contributed by atoms with Crippen molar-refractivity contribution < 1.29 is 66.7 Å². The number of aliphatic hydroxyl groups excluding tert-OH is 2. The molecule has 0 bridgehead atoms. The predicted molar refractivity (Wildman–Crippen MR) is 222 cm³/mol. The van der Waals surface area contributed by atoms with Crippen LogP contribution >= 0.6 is 15.6 Å². The summed E-state index contributed by atoms with van der Waals surface area (Å²) in [5, 5.41) is 20.0. The minimum atomic E-state index is -4.88. The number of phosphoric acid groups is 2. The molecule has 0 aromatic carbocycles. The molecule has 14 nitrogen and oxygen atoms in total.